The van der Waals surface area contributed by atoms with Crippen molar-refractivity contribution in [3.05, 3.63) is 0 Å². The van der Waals surface area contributed by atoms with Crippen LogP contribution in [0.15, 0.2) is 5.16 Å². The molecule has 3 N–H and O–H groups in total. The van der Waals surface area contributed by atoms with E-state index in [0.717, 1.165) is 32.7 Å². The molecule has 2 unspecified atom stereocenters. The second-order valence-electron chi connectivity index (χ2n) is 4.38. The van der Waals surface area contributed by atoms with Gasteiger partial charge in [0.25, 0.3) is 0 Å². The number of nitrogens with two attached hydrogens (primary N) is 1. The highest BCUT2D eigenvalue weighted by molar-refractivity contribution is 5.82. The third kappa shape index (κ3) is 4.05. The molecule has 0 aromatic heterocycles. The van der Waals surface area contributed by atoms with Crippen molar-refractivity contribution in [1.29, 1.82) is 0 Å². The lowest BCUT2D eigenvalue weighted by Crippen LogP contribution is -2.35. The van der Waals surface area contributed by atoms with Gasteiger partial charge < -0.3 is 20.6 Å². The van der Waals surface area contributed by atoms with Crippen molar-refractivity contribution in [2.24, 2.45) is 22.7 Å². The largest absolute Gasteiger partial charge is 0.409 e. The normalized spacial score (nSPS) is 24.7. The molecular weight excluding hydrogens is 194 g/mol. The van der Waals surface area contributed by atoms with Crippen molar-refractivity contribution in [3.63, 3.8) is 0 Å². The molecule has 0 radical (unpaired) electrons. The second-order valence-corrected chi connectivity index (χ2v) is 4.38. The fourth-order valence-corrected chi connectivity index (χ4v) is 1.90. The van der Waals surface area contributed by atoms with Gasteiger partial charge in [0.05, 0.1) is 6.61 Å². The summed E-state index contributed by atoms with van der Waals surface area (Å²) >= 11 is 0. The number of ether oxygens (including phenoxy) is 1. The van der Waals surface area contributed by atoms with Gasteiger partial charge in [-0.25, -0.2) is 0 Å². The minimum absolute atomic E-state index is 0.0855. The molecule has 15 heavy (non-hydrogen) atoms. The summed E-state index contributed by atoms with van der Waals surface area (Å²) in [5, 5.41) is 11.5. The van der Waals surface area contributed by atoms with Gasteiger partial charge in [-0.3, -0.25) is 0 Å². The second kappa shape index (κ2) is 5.92. The van der Waals surface area contributed by atoms with Crippen LogP contribution in [0, 0.1) is 11.8 Å². The molecule has 1 heterocycles. The van der Waals surface area contributed by atoms with E-state index in [0.29, 0.717) is 11.8 Å². The molecule has 0 bridgehead atoms. The standard InChI is InChI=1S/C10H21N3O2/c1-8(10(11)12-14)5-13(2)6-9-3-4-15-7-9/h8-9,14H,3-7H2,1-2H3,(H2,11,12). The molecule has 2 atom stereocenters. The first kappa shape index (κ1) is 12.3. The maximum absolute atomic E-state index is 8.53. The Bertz CT molecular complexity index is 215. The lowest BCUT2D eigenvalue weighted by Gasteiger charge is -2.22. The molecule has 0 aromatic carbocycles. The third-order valence-corrected chi connectivity index (χ3v) is 2.80. The van der Waals surface area contributed by atoms with Crippen LogP contribution < -0.4 is 5.73 Å². The lowest BCUT2D eigenvalue weighted by atomic mass is 10.1. The molecule has 1 rings (SSSR count). The minimum Gasteiger partial charge on any atom is -0.409 e. The molecule has 1 aliphatic rings. The highest BCUT2D eigenvalue weighted by Gasteiger charge is 2.19. The molecule has 5 nitrogen and oxygen atoms in total. The van der Waals surface area contributed by atoms with E-state index in [1.54, 1.807) is 0 Å². The van der Waals surface area contributed by atoms with Gasteiger partial charge in [0.2, 0.25) is 0 Å². The van der Waals surface area contributed by atoms with Crippen LogP contribution >= 0.6 is 0 Å². The molecule has 0 spiro atoms. The Hall–Kier alpha value is -0.810. The SMILES string of the molecule is CC(CN(C)CC1CCOC1)C(N)=NO. The minimum atomic E-state index is 0.0855. The van der Waals surface area contributed by atoms with Crippen LogP contribution in [0.3, 0.4) is 0 Å². The van der Waals surface area contributed by atoms with Gasteiger partial charge in [0, 0.05) is 25.6 Å². The lowest BCUT2D eigenvalue weighted by molar-refractivity contribution is 0.172. The fourth-order valence-electron chi connectivity index (χ4n) is 1.90. The highest BCUT2D eigenvalue weighted by Crippen LogP contribution is 2.13. The van der Waals surface area contributed by atoms with Gasteiger partial charge in [0.15, 0.2) is 0 Å². The summed E-state index contributed by atoms with van der Waals surface area (Å²) in [7, 11) is 2.06. The molecule has 1 aliphatic heterocycles. The van der Waals surface area contributed by atoms with E-state index in [9.17, 15) is 0 Å². The zero-order valence-electron chi connectivity index (χ0n) is 9.52. The number of hydrogen-bond donors (Lipinski definition) is 2. The number of rotatable bonds is 5. The van der Waals surface area contributed by atoms with Gasteiger partial charge in [-0.1, -0.05) is 12.1 Å². The van der Waals surface area contributed by atoms with Gasteiger partial charge in [-0.15, -0.1) is 0 Å². The van der Waals surface area contributed by atoms with Crippen LogP contribution in [0.25, 0.3) is 0 Å². The van der Waals surface area contributed by atoms with Crippen LogP contribution in [0.2, 0.25) is 0 Å². The van der Waals surface area contributed by atoms with Gasteiger partial charge in [-0.2, -0.15) is 0 Å². The Morgan fingerprint density at radius 1 is 1.73 bits per heavy atom. The number of hydrogen-bond acceptors (Lipinski definition) is 4. The Kier molecular flexibility index (Phi) is 4.84. The van der Waals surface area contributed by atoms with E-state index in [2.05, 4.69) is 17.1 Å². The number of nitrogens with zero attached hydrogens (tertiary/aromatic N) is 2. The molecule has 5 heteroatoms. The van der Waals surface area contributed by atoms with Crippen molar-refractivity contribution in [2.75, 3.05) is 33.4 Å². The molecule has 0 aromatic rings. The monoisotopic (exact) mass is 215 g/mol. The van der Waals surface area contributed by atoms with Crippen LogP contribution in [0.4, 0.5) is 0 Å². The maximum atomic E-state index is 8.53. The molecule has 88 valence electrons. The van der Waals surface area contributed by atoms with Crippen molar-refractivity contribution >= 4 is 5.84 Å². The van der Waals surface area contributed by atoms with Crippen molar-refractivity contribution in [2.45, 2.75) is 13.3 Å². The third-order valence-electron chi connectivity index (χ3n) is 2.80. The van der Waals surface area contributed by atoms with Gasteiger partial charge in [-0.05, 0) is 19.4 Å². The zero-order chi connectivity index (χ0) is 11.3. The summed E-state index contributed by atoms with van der Waals surface area (Å²) in [5.74, 6) is 1.02. The molecule has 0 saturated carbocycles. The first-order valence-electron chi connectivity index (χ1n) is 5.37. The smallest absolute Gasteiger partial charge is 0.143 e. The summed E-state index contributed by atoms with van der Waals surface area (Å²) < 4.78 is 5.32. The summed E-state index contributed by atoms with van der Waals surface area (Å²) in [4.78, 5) is 2.21. The Morgan fingerprint density at radius 3 is 3.00 bits per heavy atom. The van der Waals surface area contributed by atoms with Crippen LogP contribution in [0.5, 0.6) is 0 Å². The maximum Gasteiger partial charge on any atom is 0.143 e. The molecule has 1 saturated heterocycles. The van der Waals surface area contributed by atoms with E-state index in [1.807, 2.05) is 6.92 Å². The Morgan fingerprint density at radius 2 is 2.47 bits per heavy atom. The summed E-state index contributed by atoms with van der Waals surface area (Å²) in [5.41, 5.74) is 5.52. The van der Waals surface area contributed by atoms with Crippen molar-refractivity contribution in [1.82, 2.24) is 4.90 Å². The Balaban J connectivity index is 2.25. The average Bonchev–Trinajstić information content (AvgIpc) is 2.68. The predicted octanol–water partition coefficient (Wildman–Crippen LogP) is 0.337. The molecule has 1 fully saturated rings. The van der Waals surface area contributed by atoms with E-state index >= 15 is 0 Å². The Labute approximate surface area is 90.9 Å². The zero-order valence-corrected chi connectivity index (χ0v) is 9.52. The summed E-state index contributed by atoms with van der Waals surface area (Å²) in [6.07, 6.45) is 1.14. The average molecular weight is 215 g/mol. The van der Waals surface area contributed by atoms with Crippen LogP contribution in [-0.4, -0.2) is 49.3 Å². The van der Waals surface area contributed by atoms with Crippen LogP contribution in [-0.2, 0) is 4.74 Å². The van der Waals surface area contributed by atoms with Gasteiger partial charge >= 0.3 is 0 Å². The first-order chi connectivity index (χ1) is 7.13. The topological polar surface area (TPSA) is 71.1 Å². The van der Waals surface area contributed by atoms with Crippen molar-refractivity contribution < 1.29 is 9.94 Å². The first-order valence-corrected chi connectivity index (χ1v) is 5.37. The number of oxime groups is 1. The van der Waals surface area contributed by atoms with E-state index in [4.69, 9.17) is 15.7 Å². The fraction of sp³-hybridized carbons (Fsp3) is 0.900. The molecular formula is C10H21N3O2. The van der Waals surface area contributed by atoms with Crippen molar-refractivity contribution in [3.8, 4) is 0 Å². The van der Waals surface area contributed by atoms with E-state index in [1.165, 1.54) is 0 Å². The molecule has 0 amide bonds. The highest BCUT2D eigenvalue weighted by atomic mass is 16.5. The quantitative estimate of drug-likeness (QED) is 0.300. The van der Waals surface area contributed by atoms with E-state index < -0.39 is 0 Å². The molecule has 0 aliphatic carbocycles. The van der Waals surface area contributed by atoms with Crippen LogP contribution in [0.1, 0.15) is 13.3 Å². The van der Waals surface area contributed by atoms with E-state index in [-0.39, 0.29) is 5.92 Å². The summed E-state index contributed by atoms with van der Waals surface area (Å²) in [6, 6.07) is 0. The van der Waals surface area contributed by atoms with Gasteiger partial charge in [0.1, 0.15) is 5.84 Å². The summed E-state index contributed by atoms with van der Waals surface area (Å²) in [6.45, 7) is 5.53. The number of amidine groups is 1. The predicted molar refractivity (Wildman–Crippen MR) is 59.0 cm³/mol.